The first kappa shape index (κ1) is 12.7. The van der Waals surface area contributed by atoms with Gasteiger partial charge >= 0.3 is 0 Å². The minimum absolute atomic E-state index is 0.971. The zero-order valence-electron chi connectivity index (χ0n) is 10.2. The van der Waals surface area contributed by atoms with Crippen LogP contribution in [-0.4, -0.2) is 23.3 Å². The molecule has 92 valence electrons. The van der Waals surface area contributed by atoms with E-state index < -0.39 is 0 Å². The number of hydrogen-bond donors (Lipinski definition) is 1. The Labute approximate surface area is 110 Å². The van der Waals surface area contributed by atoms with E-state index in [4.69, 9.17) is 0 Å². The summed E-state index contributed by atoms with van der Waals surface area (Å²) in [5, 5.41) is 16.2. The molecular formula is C12H17N3S2. The van der Waals surface area contributed by atoms with E-state index in [1.807, 2.05) is 0 Å². The monoisotopic (exact) mass is 267 g/mol. The molecule has 3 nitrogen and oxygen atoms in total. The average molecular weight is 267 g/mol. The predicted molar refractivity (Wildman–Crippen MR) is 74.8 cm³/mol. The normalized spacial score (nSPS) is 10.9. The number of thiophene rings is 1. The Morgan fingerprint density at radius 2 is 2.18 bits per heavy atom. The lowest BCUT2D eigenvalue weighted by molar-refractivity contribution is 0.710. The lowest BCUT2D eigenvalue weighted by Gasteiger charge is -1.96. The van der Waals surface area contributed by atoms with Crippen LogP contribution in [0.25, 0.3) is 9.88 Å². The molecule has 0 aliphatic carbocycles. The number of nitrogens with one attached hydrogen (secondary N) is 1. The highest BCUT2D eigenvalue weighted by Gasteiger charge is 2.11. The lowest BCUT2D eigenvalue weighted by Crippen LogP contribution is -2.15. The van der Waals surface area contributed by atoms with Crippen LogP contribution >= 0.6 is 22.7 Å². The van der Waals surface area contributed by atoms with Gasteiger partial charge in [0.15, 0.2) is 5.01 Å². The van der Waals surface area contributed by atoms with Crippen molar-refractivity contribution in [1.29, 1.82) is 0 Å². The third-order valence-electron chi connectivity index (χ3n) is 2.55. The Morgan fingerprint density at radius 1 is 1.29 bits per heavy atom. The molecule has 0 saturated carbocycles. The van der Waals surface area contributed by atoms with Gasteiger partial charge in [-0.3, -0.25) is 0 Å². The van der Waals surface area contributed by atoms with Gasteiger partial charge in [0.1, 0.15) is 5.01 Å². The highest BCUT2D eigenvalue weighted by Crippen LogP contribution is 2.32. The van der Waals surface area contributed by atoms with Gasteiger partial charge in [0.2, 0.25) is 0 Å². The first-order chi connectivity index (χ1) is 8.35. The van der Waals surface area contributed by atoms with Crippen molar-refractivity contribution in [3.8, 4) is 9.88 Å². The van der Waals surface area contributed by atoms with Crippen molar-refractivity contribution in [3.05, 3.63) is 22.0 Å². The molecular weight excluding hydrogens is 250 g/mol. The van der Waals surface area contributed by atoms with Crippen LogP contribution < -0.4 is 5.32 Å². The fourth-order valence-electron chi connectivity index (χ4n) is 1.62. The zero-order valence-corrected chi connectivity index (χ0v) is 11.8. The molecule has 0 aliphatic heterocycles. The van der Waals surface area contributed by atoms with Gasteiger partial charge in [-0.15, -0.1) is 21.5 Å². The molecule has 2 aromatic rings. The average Bonchev–Trinajstić information content (AvgIpc) is 2.96. The van der Waals surface area contributed by atoms with Crippen LogP contribution in [0.15, 0.2) is 11.4 Å². The van der Waals surface area contributed by atoms with E-state index in [2.05, 4.69) is 40.8 Å². The van der Waals surface area contributed by atoms with Gasteiger partial charge < -0.3 is 5.32 Å². The quantitative estimate of drug-likeness (QED) is 0.818. The number of nitrogens with zero attached hydrogens (tertiary/aromatic N) is 2. The summed E-state index contributed by atoms with van der Waals surface area (Å²) in [4.78, 5) is 1.29. The first-order valence-corrected chi connectivity index (χ1v) is 7.64. The molecule has 0 aliphatic rings. The van der Waals surface area contributed by atoms with E-state index in [1.54, 1.807) is 22.7 Å². The maximum absolute atomic E-state index is 4.30. The highest BCUT2D eigenvalue weighted by atomic mass is 32.1. The summed E-state index contributed by atoms with van der Waals surface area (Å²) in [5.41, 5.74) is 1.38. The highest BCUT2D eigenvalue weighted by molar-refractivity contribution is 7.20. The van der Waals surface area contributed by atoms with Crippen molar-refractivity contribution >= 4 is 22.7 Å². The van der Waals surface area contributed by atoms with Crippen molar-refractivity contribution in [1.82, 2.24) is 15.5 Å². The summed E-state index contributed by atoms with van der Waals surface area (Å²) >= 11 is 3.48. The van der Waals surface area contributed by atoms with Crippen LogP contribution in [0.1, 0.15) is 24.4 Å². The van der Waals surface area contributed by atoms with Crippen molar-refractivity contribution in [2.45, 2.75) is 26.7 Å². The van der Waals surface area contributed by atoms with E-state index >= 15 is 0 Å². The Balaban J connectivity index is 2.07. The van der Waals surface area contributed by atoms with E-state index in [0.29, 0.717) is 0 Å². The van der Waals surface area contributed by atoms with Crippen molar-refractivity contribution < 1.29 is 0 Å². The van der Waals surface area contributed by atoms with Gasteiger partial charge in [0.05, 0.1) is 4.88 Å². The van der Waals surface area contributed by atoms with Crippen LogP contribution in [0.5, 0.6) is 0 Å². The molecule has 2 heterocycles. The smallest absolute Gasteiger partial charge is 0.158 e. The summed E-state index contributed by atoms with van der Waals surface area (Å²) in [6.07, 6.45) is 2.03. The molecule has 5 heteroatoms. The van der Waals surface area contributed by atoms with E-state index in [-0.39, 0.29) is 0 Å². The number of hydrogen-bond acceptors (Lipinski definition) is 5. The van der Waals surface area contributed by atoms with E-state index in [9.17, 15) is 0 Å². The molecule has 17 heavy (non-hydrogen) atoms. The van der Waals surface area contributed by atoms with Crippen molar-refractivity contribution in [2.24, 2.45) is 0 Å². The van der Waals surface area contributed by atoms with Crippen LogP contribution in [0.4, 0.5) is 0 Å². The third-order valence-corrected chi connectivity index (χ3v) is 4.65. The summed E-state index contributed by atoms with van der Waals surface area (Å²) < 4.78 is 0. The maximum Gasteiger partial charge on any atom is 0.158 e. The fraction of sp³-hybridized carbons (Fsp3) is 0.500. The Bertz CT molecular complexity index is 462. The molecule has 0 saturated heterocycles. The minimum atomic E-state index is 0.971. The molecule has 0 radical (unpaired) electrons. The lowest BCUT2D eigenvalue weighted by atomic mass is 10.2. The molecule has 2 rings (SSSR count). The second kappa shape index (κ2) is 6.23. The molecule has 0 aromatic carbocycles. The molecule has 0 bridgehead atoms. The number of likely N-dealkylation sites (N-methyl/N-ethyl adjacent to an activating group) is 1. The van der Waals surface area contributed by atoms with Crippen LogP contribution in [0.3, 0.4) is 0 Å². The van der Waals surface area contributed by atoms with Gasteiger partial charge in [-0.1, -0.05) is 25.2 Å². The Morgan fingerprint density at radius 3 is 2.94 bits per heavy atom. The van der Waals surface area contributed by atoms with Crippen LogP contribution in [0, 0.1) is 0 Å². The van der Waals surface area contributed by atoms with E-state index in [0.717, 1.165) is 35.9 Å². The largest absolute Gasteiger partial charge is 0.317 e. The number of aromatic nitrogens is 2. The second-order valence-electron chi connectivity index (χ2n) is 3.73. The maximum atomic E-state index is 4.30. The molecule has 0 spiro atoms. The van der Waals surface area contributed by atoms with Gasteiger partial charge in [0, 0.05) is 13.0 Å². The van der Waals surface area contributed by atoms with Gasteiger partial charge in [0.25, 0.3) is 0 Å². The Kier molecular flexibility index (Phi) is 4.65. The SMILES string of the molecule is CCNCCc1nnc(-c2sccc2CC)s1. The summed E-state index contributed by atoms with van der Waals surface area (Å²) in [6.45, 7) is 6.29. The molecule has 0 atom stereocenters. The van der Waals surface area contributed by atoms with Crippen molar-refractivity contribution in [2.75, 3.05) is 13.1 Å². The zero-order chi connectivity index (χ0) is 12.1. The summed E-state index contributed by atoms with van der Waals surface area (Å²) in [7, 11) is 0. The summed E-state index contributed by atoms with van der Waals surface area (Å²) in [5.74, 6) is 0. The van der Waals surface area contributed by atoms with Gasteiger partial charge in [-0.05, 0) is 30.0 Å². The van der Waals surface area contributed by atoms with Gasteiger partial charge in [-0.25, -0.2) is 0 Å². The molecule has 2 aromatic heterocycles. The standard InChI is InChI=1S/C12H17N3S2/c1-3-9-6-8-16-11(9)12-15-14-10(17-12)5-7-13-4-2/h6,8,13H,3-5,7H2,1-2H3. The van der Waals surface area contributed by atoms with E-state index in [1.165, 1.54) is 10.4 Å². The predicted octanol–water partition coefficient (Wildman–Crippen LogP) is 2.98. The number of aryl methyl sites for hydroxylation is 1. The Hall–Kier alpha value is -0.780. The fourth-order valence-corrected chi connectivity index (χ4v) is 3.58. The third kappa shape index (κ3) is 3.12. The topological polar surface area (TPSA) is 37.8 Å². The minimum Gasteiger partial charge on any atom is -0.317 e. The van der Waals surface area contributed by atoms with Crippen LogP contribution in [-0.2, 0) is 12.8 Å². The molecule has 0 fully saturated rings. The van der Waals surface area contributed by atoms with Crippen LogP contribution in [0.2, 0.25) is 0 Å². The van der Waals surface area contributed by atoms with Crippen molar-refractivity contribution in [3.63, 3.8) is 0 Å². The summed E-state index contributed by atoms with van der Waals surface area (Å²) in [6, 6.07) is 2.18. The first-order valence-electron chi connectivity index (χ1n) is 5.95. The van der Waals surface area contributed by atoms with Gasteiger partial charge in [-0.2, -0.15) is 0 Å². The molecule has 0 amide bonds. The molecule has 1 N–H and O–H groups in total. The second-order valence-corrected chi connectivity index (χ2v) is 5.71. The molecule has 0 unspecified atom stereocenters. The number of rotatable bonds is 6.